The summed E-state index contributed by atoms with van der Waals surface area (Å²) >= 11 is 3.75. The Morgan fingerprint density at radius 2 is 0.981 bits per heavy atom. The van der Waals surface area contributed by atoms with E-state index in [1.165, 1.54) is 15.5 Å². The highest BCUT2D eigenvalue weighted by Crippen LogP contribution is 2.44. The molecule has 53 heavy (non-hydrogen) atoms. The van der Waals surface area contributed by atoms with Crippen molar-refractivity contribution in [3.63, 3.8) is 0 Å². The van der Waals surface area contributed by atoms with Crippen LogP contribution in [0.1, 0.15) is 118 Å². The van der Waals surface area contributed by atoms with E-state index in [-0.39, 0.29) is 21.7 Å². The second kappa shape index (κ2) is 17.4. The van der Waals surface area contributed by atoms with Crippen molar-refractivity contribution in [3.8, 4) is 5.75 Å². The summed E-state index contributed by atoms with van der Waals surface area (Å²) in [6.45, 7) is 27.8. The van der Waals surface area contributed by atoms with Crippen molar-refractivity contribution in [2.24, 2.45) is 5.18 Å². The maximum Gasteiger partial charge on any atom is 0.123 e. The van der Waals surface area contributed by atoms with Gasteiger partial charge in [0, 0.05) is 51.1 Å². The maximum atomic E-state index is 12.1. The van der Waals surface area contributed by atoms with Gasteiger partial charge in [0.25, 0.3) is 0 Å². The standard InChI is InChI=1S/C46H63N3O2S2/c1-43(2,3)37-28-35(29-38(41(37)48-51)44(4,5)6)52-26-16-24-49(34-22-20-33(21-23-34)47-32-18-14-13-15-19-32)25-17-27-53-36-30-39(45(7,8)9)42(50)40(31-36)46(10,11)12/h13-15,18-23,28-31,47,50H,16-17,24-27H2,1-12H3. The third-order valence-corrected chi connectivity index (χ3v) is 11.6. The summed E-state index contributed by atoms with van der Waals surface area (Å²) in [4.78, 5) is 17.0. The highest BCUT2D eigenvalue weighted by atomic mass is 32.2. The van der Waals surface area contributed by atoms with E-state index in [1.807, 2.05) is 41.7 Å². The minimum Gasteiger partial charge on any atom is -0.507 e. The Morgan fingerprint density at radius 1 is 0.585 bits per heavy atom. The van der Waals surface area contributed by atoms with Gasteiger partial charge in [0.2, 0.25) is 0 Å². The van der Waals surface area contributed by atoms with Crippen molar-refractivity contribution in [2.75, 3.05) is 34.8 Å². The van der Waals surface area contributed by atoms with E-state index in [0.717, 1.165) is 71.1 Å². The number of nitrogens with zero attached hydrogens (tertiary/aromatic N) is 2. The van der Waals surface area contributed by atoms with Gasteiger partial charge in [-0.25, -0.2) is 0 Å². The Hall–Kier alpha value is -3.42. The van der Waals surface area contributed by atoms with Crippen LogP contribution < -0.4 is 10.2 Å². The summed E-state index contributed by atoms with van der Waals surface area (Å²) in [5, 5.41) is 18.3. The Labute approximate surface area is 329 Å². The predicted octanol–water partition coefficient (Wildman–Crippen LogP) is 13.9. The van der Waals surface area contributed by atoms with E-state index >= 15 is 0 Å². The smallest absolute Gasteiger partial charge is 0.123 e. The Morgan fingerprint density at radius 3 is 1.38 bits per heavy atom. The molecule has 4 rings (SSSR count). The van der Waals surface area contributed by atoms with E-state index in [9.17, 15) is 10.0 Å². The van der Waals surface area contributed by atoms with Gasteiger partial charge in [-0.1, -0.05) is 101 Å². The van der Waals surface area contributed by atoms with E-state index in [4.69, 9.17) is 0 Å². The molecule has 0 saturated carbocycles. The Kier molecular flexibility index (Phi) is 13.9. The van der Waals surface area contributed by atoms with Crippen LogP contribution in [0.4, 0.5) is 22.7 Å². The zero-order valence-corrected chi connectivity index (χ0v) is 35.9. The maximum absolute atomic E-state index is 12.1. The molecule has 0 aliphatic carbocycles. The van der Waals surface area contributed by atoms with Crippen LogP contribution in [0, 0.1) is 4.91 Å². The molecule has 0 aliphatic heterocycles. The van der Waals surface area contributed by atoms with Crippen molar-refractivity contribution in [3.05, 3.63) is 106 Å². The molecule has 7 heteroatoms. The van der Waals surface area contributed by atoms with Gasteiger partial charge in [-0.15, -0.1) is 28.4 Å². The molecular weight excluding hydrogens is 691 g/mol. The zero-order valence-electron chi connectivity index (χ0n) is 34.3. The quantitative estimate of drug-likeness (QED) is 0.0759. The van der Waals surface area contributed by atoms with Crippen LogP contribution >= 0.6 is 23.5 Å². The number of nitrogens with one attached hydrogen (secondary N) is 1. The van der Waals surface area contributed by atoms with Crippen LogP contribution in [0.15, 0.2) is 93.8 Å². The lowest BCUT2D eigenvalue weighted by molar-refractivity contribution is 0.422. The molecule has 0 aromatic heterocycles. The van der Waals surface area contributed by atoms with Crippen molar-refractivity contribution in [1.82, 2.24) is 0 Å². The van der Waals surface area contributed by atoms with Gasteiger partial charge in [-0.05, 0) is 123 Å². The SMILES string of the molecule is CC(C)(C)c1cc(SCCCN(CCCSc2cc(C(C)(C)C)c(N=O)c(C(C)(C)C)c2)c2ccc(Nc3ccccc3)cc2)cc(C(C)(C)C)c1O. The molecule has 0 amide bonds. The third kappa shape index (κ3) is 11.8. The van der Waals surface area contributed by atoms with E-state index in [0.29, 0.717) is 11.4 Å². The second-order valence-corrected chi connectivity index (χ2v) is 20.6. The molecule has 0 bridgehead atoms. The fourth-order valence-electron chi connectivity index (χ4n) is 6.47. The first-order valence-electron chi connectivity index (χ1n) is 19.0. The van der Waals surface area contributed by atoms with Crippen molar-refractivity contribution >= 4 is 46.3 Å². The Balaban J connectivity index is 1.50. The molecule has 0 radical (unpaired) electrons. The molecule has 286 valence electrons. The minimum atomic E-state index is -0.182. The number of hydrogen-bond donors (Lipinski definition) is 2. The number of anilines is 3. The first-order valence-corrected chi connectivity index (χ1v) is 21.0. The lowest BCUT2D eigenvalue weighted by Crippen LogP contribution is -2.26. The summed E-state index contributed by atoms with van der Waals surface area (Å²) in [7, 11) is 0. The lowest BCUT2D eigenvalue weighted by atomic mass is 9.79. The molecule has 0 unspecified atom stereocenters. The second-order valence-electron chi connectivity index (χ2n) is 18.3. The lowest BCUT2D eigenvalue weighted by Gasteiger charge is -2.28. The highest BCUT2D eigenvalue weighted by Gasteiger charge is 2.28. The minimum absolute atomic E-state index is 0.146. The monoisotopic (exact) mass is 753 g/mol. The number of hydrogen-bond acceptors (Lipinski definition) is 7. The van der Waals surface area contributed by atoms with Gasteiger partial charge in [0.05, 0.1) is 0 Å². The number of phenols is 1. The molecular formula is C46H63N3O2S2. The molecule has 0 aliphatic rings. The molecule has 4 aromatic rings. The summed E-state index contributed by atoms with van der Waals surface area (Å²) < 4.78 is 0. The summed E-state index contributed by atoms with van der Waals surface area (Å²) in [6.07, 6.45) is 2.05. The average Bonchev–Trinajstić information content (AvgIpc) is 3.06. The van der Waals surface area contributed by atoms with Gasteiger partial charge in [-0.3, -0.25) is 0 Å². The number of aromatic hydroxyl groups is 1. The molecule has 0 atom stereocenters. The van der Waals surface area contributed by atoms with Gasteiger partial charge in [-0.2, -0.15) is 0 Å². The fraction of sp³-hybridized carbons (Fsp3) is 0.478. The number of para-hydroxylation sites is 1. The zero-order chi connectivity index (χ0) is 39.2. The van der Waals surface area contributed by atoms with Gasteiger partial charge >= 0.3 is 0 Å². The topological polar surface area (TPSA) is 64.9 Å². The Bertz CT molecular complexity index is 1740. The van der Waals surface area contributed by atoms with Crippen LogP contribution in [0.5, 0.6) is 5.75 Å². The van der Waals surface area contributed by atoms with Crippen molar-refractivity contribution in [1.29, 1.82) is 0 Å². The summed E-state index contributed by atoms with van der Waals surface area (Å²) in [5.41, 5.74) is 7.37. The first kappa shape index (κ1) is 42.3. The van der Waals surface area contributed by atoms with Crippen LogP contribution in [0.2, 0.25) is 0 Å². The van der Waals surface area contributed by atoms with Crippen LogP contribution in [-0.4, -0.2) is 29.7 Å². The number of phenolic OH excluding ortho intramolecular Hbond substituents is 1. The number of benzene rings is 4. The largest absolute Gasteiger partial charge is 0.507 e. The number of nitroso groups, excluding NO2 is 1. The van der Waals surface area contributed by atoms with Crippen LogP contribution in [0.3, 0.4) is 0 Å². The highest BCUT2D eigenvalue weighted by molar-refractivity contribution is 7.99. The molecule has 0 spiro atoms. The first-order chi connectivity index (χ1) is 24.7. The van der Waals surface area contributed by atoms with Gasteiger partial charge < -0.3 is 15.3 Å². The molecule has 0 saturated heterocycles. The molecule has 0 fully saturated rings. The fourth-order valence-corrected chi connectivity index (χ4v) is 8.30. The van der Waals surface area contributed by atoms with Crippen LogP contribution in [0.25, 0.3) is 0 Å². The van der Waals surface area contributed by atoms with Crippen LogP contribution in [-0.2, 0) is 21.7 Å². The van der Waals surface area contributed by atoms with E-state index in [2.05, 4.69) is 159 Å². The number of thioether (sulfide) groups is 2. The summed E-state index contributed by atoms with van der Waals surface area (Å²) in [6, 6.07) is 27.8. The molecule has 5 nitrogen and oxygen atoms in total. The molecule has 2 N–H and O–H groups in total. The van der Waals surface area contributed by atoms with E-state index < -0.39 is 0 Å². The molecule has 4 aromatic carbocycles. The van der Waals surface area contributed by atoms with E-state index in [1.54, 1.807) is 0 Å². The van der Waals surface area contributed by atoms with Crippen molar-refractivity contribution < 1.29 is 5.11 Å². The third-order valence-electron chi connectivity index (χ3n) is 9.47. The number of rotatable bonds is 14. The van der Waals surface area contributed by atoms with Gasteiger partial charge in [0.1, 0.15) is 11.4 Å². The predicted molar refractivity (Wildman–Crippen MR) is 234 cm³/mol. The normalized spacial score (nSPS) is 12.5. The van der Waals surface area contributed by atoms with Gasteiger partial charge in [0.15, 0.2) is 0 Å². The van der Waals surface area contributed by atoms with Crippen molar-refractivity contribution in [2.45, 2.75) is 127 Å². The average molecular weight is 754 g/mol. The molecule has 0 heterocycles. The summed E-state index contributed by atoms with van der Waals surface area (Å²) in [5.74, 6) is 2.39.